The maximum atomic E-state index is 13.2. The highest BCUT2D eigenvalue weighted by molar-refractivity contribution is 8.01. The standard InChI is InChI=1S/C13H19N9O4S/c1-13(2)8(22-10(27-13)7(11(24)25)18-12(22)26)9(23)21(5-3-16-19-14)6-4-17-20-15/h7-8,10H,3-6H2,1-2H3,(H,18,26)(H,24,25)/t7-,8-,10+/m0/s1. The van der Waals surface area contributed by atoms with Crippen molar-refractivity contribution >= 4 is 29.7 Å². The van der Waals surface area contributed by atoms with E-state index < -0.39 is 40.1 Å². The number of rotatable bonds is 8. The van der Waals surface area contributed by atoms with Crippen molar-refractivity contribution in [1.29, 1.82) is 0 Å². The molecule has 0 aromatic rings. The lowest BCUT2D eigenvalue weighted by Gasteiger charge is -2.34. The van der Waals surface area contributed by atoms with Gasteiger partial charge in [-0.1, -0.05) is 10.2 Å². The van der Waals surface area contributed by atoms with E-state index in [4.69, 9.17) is 11.1 Å². The molecule has 0 unspecified atom stereocenters. The molecule has 14 heteroatoms. The first-order valence-electron chi connectivity index (χ1n) is 8.04. The molecule has 2 aliphatic rings. The lowest BCUT2D eigenvalue weighted by Crippen LogP contribution is -2.55. The smallest absolute Gasteiger partial charge is 0.329 e. The lowest BCUT2D eigenvalue weighted by atomic mass is 10.00. The van der Waals surface area contributed by atoms with Crippen LogP contribution in [0.15, 0.2) is 10.2 Å². The highest BCUT2D eigenvalue weighted by Gasteiger charge is 2.60. The van der Waals surface area contributed by atoms with E-state index in [0.29, 0.717) is 0 Å². The Hall–Kier alpha value is -2.82. The first-order chi connectivity index (χ1) is 12.7. The summed E-state index contributed by atoms with van der Waals surface area (Å²) in [5.74, 6) is -1.59. The molecule has 3 atom stereocenters. The fourth-order valence-electron chi connectivity index (χ4n) is 3.18. The van der Waals surface area contributed by atoms with E-state index in [1.54, 1.807) is 13.8 Å². The Bertz CT molecular complexity index is 709. The van der Waals surface area contributed by atoms with Gasteiger partial charge in [-0.05, 0) is 24.9 Å². The third-order valence-corrected chi connectivity index (χ3v) is 5.88. The van der Waals surface area contributed by atoms with Crippen molar-refractivity contribution in [3.63, 3.8) is 0 Å². The SMILES string of the molecule is CC1(C)S[C@@H]2[C@@H](C(=O)O)NC(=O)N2[C@H]1C(=O)N(CCN=[N+]=[N-])CCN=[N+]=[N-]. The van der Waals surface area contributed by atoms with E-state index in [2.05, 4.69) is 25.4 Å². The molecule has 2 rings (SSSR count). The quantitative estimate of drug-likeness (QED) is 0.352. The summed E-state index contributed by atoms with van der Waals surface area (Å²) < 4.78 is -0.734. The highest BCUT2D eigenvalue weighted by atomic mass is 32.2. The summed E-state index contributed by atoms with van der Waals surface area (Å²) in [5, 5.41) is 17.8. The normalized spacial score (nSPS) is 25.0. The summed E-state index contributed by atoms with van der Waals surface area (Å²) >= 11 is 1.24. The van der Waals surface area contributed by atoms with Gasteiger partial charge in [0.15, 0.2) is 6.04 Å². The molecule has 2 fully saturated rings. The number of carbonyl (C=O) groups is 3. The molecule has 0 radical (unpaired) electrons. The van der Waals surface area contributed by atoms with Crippen molar-refractivity contribution in [1.82, 2.24) is 15.1 Å². The maximum absolute atomic E-state index is 13.2. The number of carboxylic acids is 1. The van der Waals surface area contributed by atoms with Crippen LogP contribution in [0.25, 0.3) is 20.9 Å². The molecular weight excluding hydrogens is 378 g/mol. The van der Waals surface area contributed by atoms with Crippen LogP contribution >= 0.6 is 11.8 Å². The Balaban J connectivity index is 2.28. The van der Waals surface area contributed by atoms with Gasteiger partial charge in [0, 0.05) is 40.7 Å². The second kappa shape index (κ2) is 8.25. The predicted molar refractivity (Wildman–Crippen MR) is 95.6 cm³/mol. The van der Waals surface area contributed by atoms with Gasteiger partial charge in [-0.15, -0.1) is 11.8 Å². The molecule has 0 spiro atoms. The van der Waals surface area contributed by atoms with E-state index in [1.807, 2.05) is 0 Å². The van der Waals surface area contributed by atoms with Gasteiger partial charge < -0.3 is 15.3 Å². The fourth-order valence-corrected chi connectivity index (χ4v) is 4.80. The molecule has 27 heavy (non-hydrogen) atoms. The van der Waals surface area contributed by atoms with E-state index in [0.717, 1.165) is 0 Å². The van der Waals surface area contributed by atoms with Crippen LogP contribution in [-0.2, 0) is 9.59 Å². The number of hydrogen-bond acceptors (Lipinski definition) is 6. The van der Waals surface area contributed by atoms with E-state index >= 15 is 0 Å². The van der Waals surface area contributed by atoms with E-state index in [9.17, 15) is 19.5 Å². The Kier molecular flexibility index (Phi) is 6.26. The summed E-state index contributed by atoms with van der Waals surface area (Å²) in [6.45, 7) is 3.75. The van der Waals surface area contributed by atoms with Crippen LogP contribution in [0.4, 0.5) is 4.79 Å². The number of urea groups is 1. The lowest BCUT2D eigenvalue weighted by molar-refractivity contribution is -0.140. The average molecular weight is 397 g/mol. The van der Waals surface area contributed by atoms with Gasteiger partial charge in [-0.3, -0.25) is 9.69 Å². The molecule has 0 saturated carbocycles. The van der Waals surface area contributed by atoms with Crippen molar-refractivity contribution in [3.05, 3.63) is 20.9 Å². The fraction of sp³-hybridized carbons (Fsp3) is 0.769. The second-order valence-corrected chi connectivity index (χ2v) is 8.19. The summed E-state index contributed by atoms with van der Waals surface area (Å²) in [5.41, 5.74) is 16.9. The Morgan fingerprint density at radius 1 is 1.30 bits per heavy atom. The topological polar surface area (TPSA) is 187 Å². The molecule has 2 aliphatic heterocycles. The molecule has 2 saturated heterocycles. The Morgan fingerprint density at radius 3 is 2.33 bits per heavy atom. The van der Waals surface area contributed by atoms with Crippen LogP contribution in [-0.4, -0.2) is 81.2 Å². The molecule has 0 bridgehead atoms. The van der Waals surface area contributed by atoms with Crippen LogP contribution in [0.5, 0.6) is 0 Å². The van der Waals surface area contributed by atoms with Crippen molar-refractivity contribution in [2.24, 2.45) is 10.2 Å². The van der Waals surface area contributed by atoms with Gasteiger partial charge >= 0.3 is 12.0 Å². The van der Waals surface area contributed by atoms with Crippen molar-refractivity contribution < 1.29 is 19.5 Å². The minimum atomic E-state index is -1.17. The number of amides is 3. The molecule has 2 heterocycles. The van der Waals surface area contributed by atoms with E-state index in [1.165, 1.54) is 21.6 Å². The number of nitrogens with one attached hydrogen (secondary N) is 1. The molecule has 146 valence electrons. The monoisotopic (exact) mass is 397 g/mol. The molecule has 13 nitrogen and oxygen atoms in total. The van der Waals surface area contributed by atoms with E-state index in [-0.39, 0.29) is 26.2 Å². The second-order valence-electron chi connectivity index (χ2n) is 6.42. The third-order valence-electron chi connectivity index (χ3n) is 4.31. The average Bonchev–Trinajstić information content (AvgIpc) is 3.05. The number of aliphatic carboxylic acids is 1. The summed E-state index contributed by atoms with van der Waals surface area (Å²) in [6, 6.07) is -2.64. The zero-order valence-electron chi connectivity index (χ0n) is 14.7. The maximum Gasteiger partial charge on any atom is 0.329 e. The van der Waals surface area contributed by atoms with Gasteiger partial charge in [-0.25, -0.2) is 9.59 Å². The number of thioether (sulfide) groups is 1. The molecule has 0 aromatic carbocycles. The molecule has 2 N–H and O–H groups in total. The molecule has 0 aromatic heterocycles. The Labute approximate surface area is 158 Å². The first kappa shape index (κ1) is 20.5. The first-order valence-corrected chi connectivity index (χ1v) is 8.92. The van der Waals surface area contributed by atoms with Gasteiger partial charge in [0.05, 0.1) is 0 Å². The number of carbonyl (C=O) groups excluding carboxylic acids is 2. The van der Waals surface area contributed by atoms with Gasteiger partial charge in [0.1, 0.15) is 11.4 Å². The zero-order valence-corrected chi connectivity index (χ0v) is 15.5. The summed E-state index contributed by atoms with van der Waals surface area (Å²) in [6.07, 6.45) is 0. The number of hydrogen-bond donors (Lipinski definition) is 2. The van der Waals surface area contributed by atoms with Gasteiger partial charge in [-0.2, -0.15) is 0 Å². The summed E-state index contributed by atoms with van der Waals surface area (Å²) in [7, 11) is 0. The van der Waals surface area contributed by atoms with Crippen molar-refractivity contribution in [2.45, 2.75) is 36.1 Å². The molecular formula is C13H19N9O4S. The van der Waals surface area contributed by atoms with Gasteiger partial charge in [0.25, 0.3) is 0 Å². The zero-order chi connectivity index (χ0) is 20.2. The minimum absolute atomic E-state index is 0.0200. The van der Waals surface area contributed by atoms with Crippen LogP contribution in [0.2, 0.25) is 0 Å². The van der Waals surface area contributed by atoms with Crippen molar-refractivity contribution in [3.8, 4) is 0 Å². The third kappa shape index (κ3) is 4.13. The van der Waals surface area contributed by atoms with Crippen LogP contribution in [0, 0.1) is 0 Å². The highest BCUT2D eigenvalue weighted by Crippen LogP contribution is 2.48. The van der Waals surface area contributed by atoms with Crippen LogP contribution in [0.1, 0.15) is 13.8 Å². The minimum Gasteiger partial charge on any atom is -0.480 e. The largest absolute Gasteiger partial charge is 0.480 e. The summed E-state index contributed by atoms with van der Waals surface area (Å²) in [4.78, 5) is 44.9. The number of fused-ring (bicyclic) bond motifs is 1. The van der Waals surface area contributed by atoms with Gasteiger partial charge in [0.2, 0.25) is 5.91 Å². The predicted octanol–water partition coefficient (Wildman–Crippen LogP) is 1.13. The molecule has 0 aliphatic carbocycles. The number of nitrogens with zero attached hydrogens (tertiary/aromatic N) is 8. The number of carboxylic acid groups (broad SMARTS) is 1. The van der Waals surface area contributed by atoms with Crippen molar-refractivity contribution in [2.75, 3.05) is 26.2 Å². The van der Waals surface area contributed by atoms with Crippen LogP contribution < -0.4 is 5.32 Å². The van der Waals surface area contributed by atoms with Crippen LogP contribution in [0.3, 0.4) is 0 Å². The Morgan fingerprint density at radius 2 is 1.85 bits per heavy atom. The molecule has 3 amide bonds. The number of azide groups is 2.